The lowest BCUT2D eigenvalue weighted by Gasteiger charge is -2.40. The molecule has 13 heteroatoms. The summed E-state index contributed by atoms with van der Waals surface area (Å²) in [5.41, 5.74) is 0.607. The Morgan fingerprint density at radius 3 is 2.49 bits per heavy atom. The Morgan fingerprint density at radius 2 is 1.75 bits per heavy atom. The third kappa shape index (κ3) is 5.81. The van der Waals surface area contributed by atoms with Gasteiger partial charge in [-0.05, 0) is 37.0 Å². The monoisotopic (exact) mass is 696 g/mol. The quantitative estimate of drug-likeness (QED) is 0.304. The maximum absolute atomic E-state index is 15.1. The summed E-state index contributed by atoms with van der Waals surface area (Å²) in [5.74, 6) is -4.02. The second-order valence-electron chi connectivity index (χ2n) is 14.2. The molecule has 2 aromatic carbocycles. The van der Waals surface area contributed by atoms with E-state index in [4.69, 9.17) is 9.47 Å². The molecule has 13 nitrogen and oxygen atoms in total. The number of likely N-dealkylation sites (tertiary alicyclic amines) is 1. The molecule has 3 aromatic rings. The maximum Gasteiger partial charge on any atom is 0.313 e. The van der Waals surface area contributed by atoms with Crippen LogP contribution in [-0.4, -0.2) is 109 Å². The fourth-order valence-corrected chi connectivity index (χ4v) is 8.13. The molecule has 5 bridgehead atoms. The van der Waals surface area contributed by atoms with Gasteiger partial charge < -0.3 is 29.3 Å². The summed E-state index contributed by atoms with van der Waals surface area (Å²) >= 11 is 0. The van der Waals surface area contributed by atoms with Gasteiger partial charge in [-0.1, -0.05) is 85.8 Å². The van der Waals surface area contributed by atoms with Crippen LogP contribution in [0.3, 0.4) is 0 Å². The first-order chi connectivity index (χ1) is 24.6. The number of para-hydroxylation sites is 1. The van der Waals surface area contributed by atoms with Crippen LogP contribution in [-0.2, 0) is 35.3 Å². The third-order valence-electron chi connectivity index (χ3n) is 11.0. The fourth-order valence-electron chi connectivity index (χ4n) is 8.13. The van der Waals surface area contributed by atoms with Crippen LogP contribution in [0, 0.1) is 17.8 Å². The topological polar surface area (TPSA) is 147 Å². The minimum Gasteiger partial charge on any atom is -0.455 e. The average Bonchev–Trinajstić information content (AvgIpc) is 3.89. The van der Waals surface area contributed by atoms with Crippen LogP contribution in [0.4, 0.5) is 0 Å². The van der Waals surface area contributed by atoms with Gasteiger partial charge in [0.1, 0.15) is 35.9 Å². The summed E-state index contributed by atoms with van der Waals surface area (Å²) in [4.78, 5) is 62.3. The van der Waals surface area contributed by atoms with Crippen molar-refractivity contribution >= 4 is 34.7 Å². The molecule has 0 radical (unpaired) electrons. The van der Waals surface area contributed by atoms with Gasteiger partial charge in [-0.25, -0.2) is 4.68 Å². The van der Waals surface area contributed by atoms with Crippen LogP contribution in [0.1, 0.15) is 45.3 Å². The van der Waals surface area contributed by atoms with Crippen molar-refractivity contribution in [1.82, 2.24) is 29.7 Å². The third-order valence-corrected chi connectivity index (χ3v) is 11.0. The van der Waals surface area contributed by atoms with E-state index in [0.29, 0.717) is 17.5 Å². The van der Waals surface area contributed by atoms with Gasteiger partial charge in [-0.15, -0.1) is 5.10 Å². The van der Waals surface area contributed by atoms with Gasteiger partial charge in [-0.2, -0.15) is 0 Å². The van der Waals surface area contributed by atoms with Crippen molar-refractivity contribution in [2.45, 2.75) is 76.2 Å². The zero-order valence-corrected chi connectivity index (χ0v) is 29.2. The largest absolute Gasteiger partial charge is 0.455 e. The van der Waals surface area contributed by atoms with Crippen molar-refractivity contribution in [2.75, 3.05) is 20.2 Å². The number of likely N-dealkylation sites (N-methyl/N-ethyl adjacent to an activating group) is 1. The standard InChI is InChI=1S/C38H44N6O7/c1-23(2)28(21-45)44-34-36(48)42(22-43-27-16-11-10-15-26(27)39-40-43)20-12-6-9-17-30(46)41(4)24(3)33(25-13-7-5-8-14-25)50-37(49)31-29-18-19-38(34,51-29)32(31)35(44)47/h5-8,10-16,18-19,23-24,28-29,31-34,45H,9,17,20-22H2,1-4H3/b12-6-/t24-,28-,29+,31-,32-,33+,34+,38-/m0/s1. The van der Waals surface area contributed by atoms with Crippen molar-refractivity contribution in [3.05, 3.63) is 84.5 Å². The van der Waals surface area contributed by atoms with Crippen LogP contribution >= 0.6 is 0 Å². The SMILES string of the molecule is CC(C)[C@H](CO)N1C(=O)[C@@H]2[C@H]3C(=O)O[C@@H](c4ccccc4)[C@H](C)N(C)C(=O)CC/C=C\CN(Cn4nnc5ccccc54)C(=O)[C@@H]1[C@]21C=C[C@H]3O1. The molecule has 3 amide bonds. The van der Waals surface area contributed by atoms with Crippen molar-refractivity contribution in [1.29, 1.82) is 0 Å². The number of carbonyl (C=O) groups excluding carboxylic acids is 4. The first-order valence-electron chi connectivity index (χ1n) is 17.6. The smallest absolute Gasteiger partial charge is 0.313 e. The highest BCUT2D eigenvalue weighted by molar-refractivity contribution is 5.99. The number of fused-ring (bicyclic) bond motifs is 3. The Morgan fingerprint density at radius 1 is 1.00 bits per heavy atom. The van der Waals surface area contributed by atoms with Gasteiger partial charge in [0.25, 0.3) is 5.91 Å². The number of esters is 1. The molecule has 51 heavy (non-hydrogen) atoms. The molecular weight excluding hydrogens is 652 g/mol. The predicted octanol–water partition coefficient (Wildman–Crippen LogP) is 2.87. The Labute approximate surface area is 296 Å². The zero-order chi connectivity index (χ0) is 36.0. The van der Waals surface area contributed by atoms with Crippen molar-refractivity contribution in [3.63, 3.8) is 0 Å². The molecule has 0 unspecified atom stereocenters. The summed E-state index contributed by atoms with van der Waals surface area (Å²) < 4.78 is 14.5. The number of carbonyl (C=O) groups is 4. The van der Waals surface area contributed by atoms with E-state index in [0.717, 1.165) is 5.52 Å². The van der Waals surface area contributed by atoms with Gasteiger partial charge in [0, 0.05) is 20.0 Å². The number of rotatable bonds is 6. The van der Waals surface area contributed by atoms with Crippen molar-refractivity contribution in [3.8, 4) is 0 Å². The number of aliphatic hydroxyl groups excluding tert-OH is 1. The van der Waals surface area contributed by atoms with Crippen molar-refractivity contribution in [2.24, 2.45) is 17.8 Å². The lowest BCUT2D eigenvalue weighted by molar-refractivity contribution is -0.164. The van der Waals surface area contributed by atoms with E-state index in [-0.39, 0.29) is 38.1 Å². The summed E-state index contributed by atoms with van der Waals surface area (Å²) in [7, 11) is 1.69. The van der Waals surface area contributed by atoms with Gasteiger partial charge in [0.15, 0.2) is 0 Å². The van der Waals surface area contributed by atoms with Gasteiger partial charge >= 0.3 is 5.97 Å². The number of hydrogen-bond donors (Lipinski definition) is 1. The zero-order valence-electron chi connectivity index (χ0n) is 29.2. The highest BCUT2D eigenvalue weighted by Crippen LogP contribution is 2.56. The molecule has 4 aliphatic rings. The lowest BCUT2D eigenvalue weighted by Crippen LogP contribution is -2.59. The van der Waals surface area contributed by atoms with Gasteiger partial charge in [-0.3, -0.25) is 19.2 Å². The first kappa shape index (κ1) is 34.6. The van der Waals surface area contributed by atoms with E-state index in [2.05, 4.69) is 10.3 Å². The number of cyclic esters (lactones) is 1. The average molecular weight is 697 g/mol. The molecule has 268 valence electrons. The molecule has 4 aliphatic heterocycles. The molecule has 0 aliphatic carbocycles. The molecular formula is C38H44N6O7. The highest BCUT2D eigenvalue weighted by Gasteiger charge is 2.74. The number of allylic oxidation sites excluding steroid dienone is 1. The second-order valence-corrected chi connectivity index (χ2v) is 14.2. The van der Waals surface area contributed by atoms with Crippen LogP contribution in [0.25, 0.3) is 11.0 Å². The summed E-state index contributed by atoms with van der Waals surface area (Å²) in [6, 6.07) is 14.2. The number of aliphatic hydroxyl groups is 1. The van der Waals surface area contributed by atoms with E-state index in [9.17, 15) is 19.5 Å². The fraction of sp³-hybridized carbons (Fsp3) is 0.474. The number of ether oxygens (including phenoxy) is 2. The van der Waals surface area contributed by atoms with E-state index in [1.807, 2.05) is 87.5 Å². The Hall–Kier alpha value is -4.88. The molecule has 5 heterocycles. The van der Waals surface area contributed by atoms with Crippen molar-refractivity contribution < 1.29 is 33.8 Å². The van der Waals surface area contributed by atoms with E-state index >= 15 is 4.79 Å². The minimum absolute atomic E-state index is 0.00495. The molecule has 7 rings (SSSR count). The van der Waals surface area contributed by atoms with Crippen LogP contribution in [0.15, 0.2) is 78.9 Å². The van der Waals surface area contributed by atoms with E-state index in [1.165, 1.54) is 4.90 Å². The van der Waals surface area contributed by atoms with E-state index < -0.39 is 65.6 Å². The molecule has 2 fully saturated rings. The van der Waals surface area contributed by atoms with E-state index in [1.54, 1.807) is 33.7 Å². The molecule has 2 saturated heterocycles. The molecule has 0 saturated carbocycles. The Balaban J connectivity index is 1.34. The molecule has 8 atom stereocenters. The molecule has 1 aromatic heterocycles. The summed E-state index contributed by atoms with van der Waals surface area (Å²) in [6.07, 6.45) is 6.15. The van der Waals surface area contributed by atoms with Gasteiger partial charge in [0.2, 0.25) is 11.8 Å². The number of nitrogens with zero attached hydrogens (tertiary/aromatic N) is 6. The number of benzene rings is 2. The summed E-state index contributed by atoms with van der Waals surface area (Å²) in [6.45, 7) is 5.34. The predicted molar refractivity (Wildman–Crippen MR) is 185 cm³/mol. The first-order valence-corrected chi connectivity index (χ1v) is 17.6. The Bertz CT molecular complexity index is 1880. The number of amides is 3. The normalized spacial score (nSPS) is 31.1. The minimum atomic E-state index is -1.48. The maximum atomic E-state index is 15.1. The molecule has 1 spiro atoms. The van der Waals surface area contributed by atoms with Crippen LogP contribution in [0.2, 0.25) is 0 Å². The Kier molecular flexibility index (Phi) is 9.27. The number of aromatic nitrogens is 3. The highest BCUT2D eigenvalue weighted by atomic mass is 16.6. The van der Waals surface area contributed by atoms with Gasteiger partial charge in [0.05, 0.1) is 36.2 Å². The second kappa shape index (κ2) is 13.7. The summed E-state index contributed by atoms with van der Waals surface area (Å²) in [5, 5.41) is 19.3. The lowest BCUT2D eigenvalue weighted by atomic mass is 9.74. The van der Waals surface area contributed by atoms with Crippen LogP contribution in [0.5, 0.6) is 0 Å². The molecule has 1 N–H and O–H groups in total. The number of hydrogen-bond acceptors (Lipinski definition) is 9. The van der Waals surface area contributed by atoms with Crippen LogP contribution < -0.4 is 0 Å².